The third-order valence-electron chi connectivity index (χ3n) is 4.53. The molecule has 1 N–H and O–H groups in total. The van der Waals surface area contributed by atoms with Crippen molar-refractivity contribution in [1.82, 2.24) is 4.90 Å². The Balaban J connectivity index is 1.71. The summed E-state index contributed by atoms with van der Waals surface area (Å²) in [4.78, 5) is 48.7. The van der Waals surface area contributed by atoms with Crippen molar-refractivity contribution < 1.29 is 23.5 Å². The van der Waals surface area contributed by atoms with Gasteiger partial charge in [-0.3, -0.25) is 14.4 Å². The topological polar surface area (TPSA) is 106 Å². The minimum absolute atomic E-state index is 0.0363. The van der Waals surface area contributed by atoms with Crippen molar-refractivity contribution >= 4 is 34.4 Å². The Kier molecular flexibility index (Phi) is 6.08. The highest BCUT2D eigenvalue weighted by molar-refractivity contribution is 5.92. The maximum atomic E-state index is 12.2. The first-order valence-electron chi connectivity index (χ1n) is 9.20. The zero-order chi connectivity index (χ0) is 20.1. The summed E-state index contributed by atoms with van der Waals surface area (Å²) >= 11 is 0. The van der Waals surface area contributed by atoms with Crippen LogP contribution in [0.2, 0.25) is 0 Å². The molecule has 2 heterocycles. The second-order valence-corrected chi connectivity index (χ2v) is 6.77. The second kappa shape index (κ2) is 8.69. The molecule has 1 saturated heterocycles. The highest BCUT2D eigenvalue weighted by atomic mass is 16.5. The van der Waals surface area contributed by atoms with Gasteiger partial charge < -0.3 is 19.4 Å². The van der Waals surface area contributed by atoms with Gasteiger partial charge in [0.25, 0.3) is 0 Å². The predicted molar refractivity (Wildman–Crippen MR) is 102 cm³/mol. The smallest absolute Gasteiger partial charge is 0.336 e. The van der Waals surface area contributed by atoms with Gasteiger partial charge in [0.05, 0.1) is 0 Å². The van der Waals surface area contributed by atoms with E-state index >= 15 is 0 Å². The molecule has 3 rings (SSSR count). The molecule has 1 aromatic carbocycles. The van der Waals surface area contributed by atoms with Crippen molar-refractivity contribution in [1.29, 1.82) is 0 Å². The van der Waals surface area contributed by atoms with Crippen molar-refractivity contribution in [3.63, 3.8) is 0 Å². The summed E-state index contributed by atoms with van der Waals surface area (Å²) in [6.45, 7) is 1.73. The summed E-state index contributed by atoms with van der Waals surface area (Å²) in [5.41, 5.74) is 0.696. The number of anilines is 1. The lowest BCUT2D eigenvalue weighted by molar-refractivity contribution is -0.150. The Hall–Kier alpha value is -3.16. The fraction of sp³-hybridized carbons (Fsp3) is 0.400. The molecule has 0 aliphatic carbocycles. The highest BCUT2D eigenvalue weighted by Gasteiger charge is 2.20. The number of nitrogens with zero attached hydrogens (tertiary/aromatic N) is 1. The number of carbonyl (C=O) groups is 3. The van der Waals surface area contributed by atoms with Gasteiger partial charge in [0.1, 0.15) is 18.7 Å². The van der Waals surface area contributed by atoms with Crippen molar-refractivity contribution in [3.8, 4) is 0 Å². The van der Waals surface area contributed by atoms with Crippen LogP contribution in [0.4, 0.5) is 5.69 Å². The maximum Gasteiger partial charge on any atom is 0.336 e. The van der Waals surface area contributed by atoms with Crippen LogP contribution in [-0.2, 0) is 25.7 Å². The molecule has 0 bridgehead atoms. The molecular formula is C20H22N2O6. The molecule has 0 radical (unpaired) electrons. The average molecular weight is 386 g/mol. The largest absolute Gasteiger partial charge is 0.459 e. The zero-order valence-electron chi connectivity index (χ0n) is 15.7. The molecule has 148 valence electrons. The number of hydrogen-bond donors (Lipinski definition) is 1. The summed E-state index contributed by atoms with van der Waals surface area (Å²) in [7, 11) is 0. The number of rotatable bonds is 5. The Morgan fingerprint density at radius 2 is 2.00 bits per heavy atom. The number of benzene rings is 1. The lowest BCUT2D eigenvalue weighted by Gasteiger charge is -2.19. The Bertz CT molecular complexity index is 965. The van der Waals surface area contributed by atoms with Gasteiger partial charge >= 0.3 is 11.6 Å². The molecule has 8 nitrogen and oxygen atoms in total. The number of hydrogen-bond acceptors (Lipinski definition) is 6. The number of esters is 1. The van der Waals surface area contributed by atoms with E-state index in [4.69, 9.17) is 9.15 Å². The van der Waals surface area contributed by atoms with Gasteiger partial charge in [0.15, 0.2) is 0 Å². The Morgan fingerprint density at radius 3 is 2.79 bits per heavy atom. The molecule has 2 amide bonds. The van der Waals surface area contributed by atoms with Gasteiger partial charge in [-0.1, -0.05) is 6.42 Å². The van der Waals surface area contributed by atoms with Crippen LogP contribution in [0.5, 0.6) is 0 Å². The molecular weight excluding hydrogens is 364 g/mol. The third-order valence-corrected chi connectivity index (χ3v) is 4.53. The fourth-order valence-electron chi connectivity index (χ4n) is 3.20. The molecule has 0 spiro atoms. The quantitative estimate of drug-likeness (QED) is 0.624. The summed E-state index contributed by atoms with van der Waals surface area (Å²) in [6.07, 6.45) is 3.15. The number of nitrogens with one attached hydrogen (secondary N) is 1. The van der Waals surface area contributed by atoms with Gasteiger partial charge in [-0.15, -0.1) is 0 Å². The lowest BCUT2D eigenvalue weighted by Crippen LogP contribution is -2.35. The van der Waals surface area contributed by atoms with Crippen LogP contribution < -0.4 is 10.9 Å². The van der Waals surface area contributed by atoms with Crippen molar-refractivity contribution in [2.24, 2.45) is 0 Å². The van der Waals surface area contributed by atoms with Gasteiger partial charge in [0, 0.05) is 48.7 Å². The van der Waals surface area contributed by atoms with E-state index in [0.717, 1.165) is 19.3 Å². The second-order valence-electron chi connectivity index (χ2n) is 6.77. The summed E-state index contributed by atoms with van der Waals surface area (Å²) in [5, 5.41) is 3.22. The molecule has 2 aromatic rings. The molecule has 28 heavy (non-hydrogen) atoms. The van der Waals surface area contributed by atoms with Crippen LogP contribution in [0.25, 0.3) is 11.0 Å². The van der Waals surface area contributed by atoms with Crippen molar-refractivity contribution in [3.05, 3.63) is 40.2 Å². The minimum Gasteiger partial charge on any atom is -0.459 e. The van der Waals surface area contributed by atoms with E-state index in [2.05, 4.69) is 5.32 Å². The van der Waals surface area contributed by atoms with E-state index in [0.29, 0.717) is 29.6 Å². The van der Waals surface area contributed by atoms with Crippen LogP contribution in [0.15, 0.2) is 33.5 Å². The van der Waals surface area contributed by atoms with Crippen LogP contribution in [0.3, 0.4) is 0 Å². The van der Waals surface area contributed by atoms with Crippen LogP contribution in [-0.4, -0.2) is 35.8 Å². The lowest BCUT2D eigenvalue weighted by atomic mass is 10.1. The molecule has 1 aliphatic rings. The first kappa shape index (κ1) is 19.6. The third kappa shape index (κ3) is 4.97. The van der Waals surface area contributed by atoms with Crippen LogP contribution in [0, 0.1) is 0 Å². The summed E-state index contributed by atoms with van der Waals surface area (Å²) in [6, 6.07) is 6.17. The Labute approximate surface area is 161 Å². The molecule has 1 aromatic heterocycles. The van der Waals surface area contributed by atoms with Gasteiger partial charge in [-0.25, -0.2) is 4.79 Å². The first-order valence-corrected chi connectivity index (χ1v) is 9.20. The number of likely N-dealkylation sites (tertiary alicyclic amines) is 1. The number of amides is 2. The summed E-state index contributed by atoms with van der Waals surface area (Å²) < 4.78 is 10.5. The number of carbonyl (C=O) groups excluding carboxylic acids is 3. The van der Waals surface area contributed by atoms with E-state index in [1.54, 1.807) is 18.2 Å². The molecule has 1 fully saturated rings. The van der Waals surface area contributed by atoms with Gasteiger partial charge in [0.2, 0.25) is 11.8 Å². The van der Waals surface area contributed by atoms with Gasteiger partial charge in [-0.2, -0.15) is 0 Å². The van der Waals surface area contributed by atoms with Crippen LogP contribution >= 0.6 is 0 Å². The molecule has 0 saturated carbocycles. The van der Waals surface area contributed by atoms with E-state index in [9.17, 15) is 19.2 Å². The molecule has 8 heteroatoms. The average Bonchev–Trinajstić information content (AvgIpc) is 2.83. The molecule has 0 atom stereocenters. The highest BCUT2D eigenvalue weighted by Crippen LogP contribution is 2.22. The van der Waals surface area contributed by atoms with E-state index in [1.165, 1.54) is 17.9 Å². The van der Waals surface area contributed by atoms with Gasteiger partial charge in [-0.05, 0) is 25.0 Å². The minimum atomic E-state index is -0.582. The van der Waals surface area contributed by atoms with E-state index in [-0.39, 0.29) is 30.5 Å². The number of fused-ring (bicyclic) bond motifs is 1. The SMILES string of the molecule is CC(=O)Nc1ccc2c(COC(=O)CN3CCCCCC3=O)cc(=O)oc2c1. The monoisotopic (exact) mass is 386 g/mol. The van der Waals surface area contributed by atoms with E-state index in [1.807, 2.05) is 0 Å². The first-order chi connectivity index (χ1) is 13.4. The maximum absolute atomic E-state index is 12.2. The predicted octanol–water partition coefficient (Wildman–Crippen LogP) is 2.20. The normalized spacial score (nSPS) is 14.6. The molecule has 1 aliphatic heterocycles. The van der Waals surface area contributed by atoms with Crippen LogP contribution in [0.1, 0.15) is 38.2 Å². The van der Waals surface area contributed by atoms with Crippen molar-refractivity contribution in [2.45, 2.75) is 39.2 Å². The molecule has 0 unspecified atom stereocenters. The number of ether oxygens (including phenoxy) is 1. The Morgan fingerprint density at radius 1 is 1.18 bits per heavy atom. The zero-order valence-corrected chi connectivity index (χ0v) is 15.7. The standard InChI is InChI=1S/C20H22N2O6/c1-13(23)21-15-6-7-16-14(9-19(25)28-17(16)10-15)12-27-20(26)11-22-8-4-2-3-5-18(22)24/h6-7,9-10H,2-5,8,11-12H2,1H3,(H,21,23). The fourth-order valence-corrected chi connectivity index (χ4v) is 3.20. The van der Waals surface area contributed by atoms with Crippen molar-refractivity contribution in [2.75, 3.05) is 18.4 Å². The summed E-state index contributed by atoms with van der Waals surface area (Å²) in [5.74, 6) is -0.799. The van der Waals surface area contributed by atoms with E-state index < -0.39 is 11.6 Å².